The van der Waals surface area contributed by atoms with E-state index >= 15 is 0 Å². The van der Waals surface area contributed by atoms with E-state index in [1.807, 2.05) is 61.7 Å². The first-order valence-corrected chi connectivity index (χ1v) is 8.17. The third-order valence-electron chi connectivity index (χ3n) is 3.10. The van der Waals surface area contributed by atoms with Crippen LogP contribution in [0, 0.1) is 6.92 Å². The molecule has 22 heavy (non-hydrogen) atoms. The Balaban J connectivity index is 1.79. The summed E-state index contributed by atoms with van der Waals surface area (Å²) in [5.41, 5.74) is 5.52. The Kier molecular flexibility index (Phi) is 6.03. The van der Waals surface area contributed by atoms with Gasteiger partial charge < -0.3 is 5.32 Å². The van der Waals surface area contributed by atoms with Gasteiger partial charge in [-0.1, -0.05) is 30.3 Å². The smallest absolute Gasteiger partial charge is 0.259 e. The number of nitrogens with one attached hydrogen (secondary N) is 2. The molecule has 0 aliphatic carbocycles. The van der Waals surface area contributed by atoms with E-state index in [0.717, 1.165) is 16.8 Å². The molecule has 0 bridgehead atoms. The molecule has 0 spiro atoms. The Labute approximate surface area is 135 Å². The van der Waals surface area contributed by atoms with Gasteiger partial charge in [0.25, 0.3) is 5.91 Å². The van der Waals surface area contributed by atoms with Crippen molar-refractivity contribution < 1.29 is 4.79 Å². The van der Waals surface area contributed by atoms with Crippen molar-refractivity contribution in [1.29, 1.82) is 0 Å². The van der Waals surface area contributed by atoms with Crippen molar-refractivity contribution in [2.24, 2.45) is 5.10 Å². The van der Waals surface area contributed by atoms with Crippen LogP contribution >= 0.6 is 11.8 Å². The number of nitrogens with zero attached hydrogens (tertiary/aromatic N) is 1. The van der Waals surface area contributed by atoms with Gasteiger partial charge in [-0.2, -0.15) is 5.10 Å². The fourth-order valence-corrected chi connectivity index (χ4v) is 2.26. The number of hydrogen-bond acceptors (Lipinski definition) is 4. The predicted octanol–water partition coefficient (Wildman–Crippen LogP) is 3.28. The van der Waals surface area contributed by atoms with Crippen molar-refractivity contribution >= 4 is 29.6 Å². The monoisotopic (exact) mass is 313 g/mol. The molecule has 2 N–H and O–H groups in total. The Morgan fingerprint density at radius 1 is 1.18 bits per heavy atom. The topological polar surface area (TPSA) is 53.5 Å². The number of aryl methyl sites for hydroxylation is 1. The molecule has 0 saturated carbocycles. The van der Waals surface area contributed by atoms with E-state index in [9.17, 15) is 4.79 Å². The standard InChI is InChI=1S/C17H19N3OS/c1-13-5-3-4-6-16(13)18-12-17(21)20-19-11-14-7-9-15(22-2)10-8-14/h3-11,18H,12H2,1-2H3,(H,20,21)/b19-11-. The van der Waals surface area contributed by atoms with E-state index in [2.05, 4.69) is 15.8 Å². The van der Waals surface area contributed by atoms with Gasteiger partial charge in [0.2, 0.25) is 0 Å². The average Bonchev–Trinajstić information content (AvgIpc) is 2.55. The molecule has 2 aromatic rings. The van der Waals surface area contributed by atoms with Gasteiger partial charge in [-0.05, 0) is 42.5 Å². The molecule has 114 valence electrons. The number of carbonyl (C=O) groups excluding carboxylic acids is 1. The van der Waals surface area contributed by atoms with Crippen molar-refractivity contribution in [3.05, 3.63) is 59.7 Å². The maximum atomic E-state index is 11.7. The van der Waals surface area contributed by atoms with Gasteiger partial charge in [0.05, 0.1) is 12.8 Å². The van der Waals surface area contributed by atoms with Gasteiger partial charge in [0.15, 0.2) is 0 Å². The third kappa shape index (κ3) is 4.93. The molecular weight excluding hydrogens is 294 g/mol. The van der Waals surface area contributed by atoms with Crippen LogP contribution in [0.1, 0.15) is 11.1 Å². The van der Waals surface area contributed by atoms with Crippen LogP contribution in [-0.4, -0.2) is 24.9 Å². The third-order valence-corrected chi connectivity index (χ3v) is 3.85. The summed E-state index contributed by atoms with van der Waals surface area (Å²) in [4.78, 5) is 12.9. The molecule has 1 amide bonds. The summed E-state index contributed by atoms with van der Waals surface area (Å²) >= 11 is 1.69. The lowest BCUT2D eigenvalue weighted by atomic mass is 10.2. The minimum atomic E-state index is -0.180. The van der Waals surface area contributed by atoms with Crippen molar-refractivity contribution in [3.8, 4) is 0 Å². The van der Waals surface area contributed by atoms with Gasteiger partial charge in [-0.25, -0.2) is 5.43 Å². The van der Waals surface area contributed by atoms with Gasteiger partial charge in [-0.3, -0.25) is 4.79 Å². The number of benzene rings is 2. The number of anilines is 1. The van der Waals surface area contributed by atoms with E-state index in [-0.39, 0.29) is 12.5 Å². The highest BCUT2D eigenvalue weighted by Gasteiger charge is 2.01. The highest BCUT2D eigenvalue weighted by molar-refractivity contribution is 7.98. The molecule has 2 rings (SSSR count). The molecule has 4 nitrogen and oxygen atoms in total. The minimum Gasteiger partial charge on any atom is -0.376 e. The minimum absolute atomic E-state index is 0.180. The zero-order valence-corrected chi connectivity index (χ0v) is 13.5. The normalized spacial score (nSPS) is 10.6. The number of amides is 1. The van der Waals surface area contributed by atoms with Crippen LogP contribution in [0.15, 0.2) is 58.5 Å². The Bertz CT molecular complexity index is 653. The molecule has 0 saturated heterocycles. The Hall–Kier alpha value is -2.27. The van der Waals surface area contributed by atoms with Crippen LogP contribution < -0.4 is 10.7 Å². The molecule has 0 aliphatic rings. The summed E-state index contributed by atoms with van der Waals surface area (Å²) in [5.74, 6) is -0.180. The Morgan fingerprint density at radius 2 is 1.91 bits per heavy atom. The van der Waals surface area contributed by atoms with Crippen LogP contribution in [-0.2, 0) is 4.79 Å². The summed E-state index contributed by atoms with van der Waals surface area (Å²) in [5, 5.41) is 7.05. The van der Waals surface area contributed by atoms with Crippen LogP contribution in [0.4, 0.5) is 5.69 Å². The molecule has 0 atom stereocenters. The quantitative estimate of drug-likeness (QED) is 0.489. The Morgan fingerprint density at radius 3 is 2.59 bits per heavy atom. The average molecular weight is 313 g/mol. The molecular formula is C17H19N3OS. The van der Waals surface area contributed by atoms with Crippen molar-refractivity contribution in [2.75, 3.05) is 18.1 Å². The molecule has 0 unspecified atom stereocenters. The molecule has 0 fully saturated rings. The van der Waals surface area contributed by atoms with Gasteiger partial charge >= 0.3 is 0 Å². The lowest BCUT2D eigenvalue weighted by molar-refractivity contribution is -0.119. The first-order chi connectivity index (χ1) is 10.7. The second-order valence-corrected chi connectivity index (χ2v) is 5.61. The maximum Gasteiger partial charge on any atom is 0.259 e. The van der Waals surface area contributed by atoms with E-state index in [1.165, 1.54) is 4.90 Å². The van der Waals surface area contributed by atoms with E-state index in [0.29, 0.717) is 0 Å². The van der Waals surface area contributed by atoms with Crippen molar-refractivity contribution in [2.45, 2.75) is 11.8 Å². The first-order valence-electron chi connectivity index (χ1n) is 6.94. The summed E-state index contributed by atoms with van der Waals surface area (Å²) in [6, 6.07) is 15.8. The lowest BCUT2D eigenvalue weighted by Gasteiger charge is -2.07. The number of carbonyl (C=O) groups is 1. The number of para-hydroxylation sites is 1. The van der Waals surface area contributed by atoms with Crippen LogP contribution in [0.5, 0.6) is 0 Å². The number of thioether (sulfide) groups is 1. The molecule has 0 heterocycles. The summed E-state index contributed by atoms with van der Waals surface area (Å²) in [7, 11) is 0. The summed E-state index contributed by atoms with van der Waals surface area (Å²) < 4.78 is 0. The second kappa shape index (κ2) is 8.24. The van der Waals surface area contributed by atoms with Gasteiger partial charge in [0, 0.05) is 10.6 Å². The van der Waals surface area contributed by atoms with E-state index in [4.69, 9.17) is 0 Å². The highest BCUT2D eigenvalue weighted by atomic mass is 32.2. The second-order valence-electron chi connectivity index (χ2n) is 4.73. The SMILES string of the molecule is CSc1ccc(/C=N\NC(=O)CNc2ccccc2C)cc1. The fourth-order valence-electron chi connectivity index (χ4n) is 1.86. The van der Waals surface area contributed by atoms with Crippen molar-refractivity contribution in [1.82, 2.24) is 5.43 Å². The summed E-state index contributed by atoms with van der Waals surface area (Å²) in [6.07, 6.45) is 3.67. The zero-order valence-electron chi connectivity index (χ0n) is 12.7. The van der Waals surface area contributed by atoms with E-state index in [1.54, 1.807) is 18.0 Å². The van der Waals surface area contributed by atoms with Crippen LogP contribution in [0.25, 0.3) is 0 Å². The molecule has 0 aliphatic heterocycles. The number of hydrogen-bond donors (Lipinski definition) is 2. The lowest BCUT2D eigenvalue weighted by Crippen LogP contribution is -2.26. The number of rotatable bonds is 6. The number of hydrazone groups is 1. The maximum absolute atomic E-state index is 11.7. The molecule has 2 aromatic carbocycles. The molecule has 0 radical (unpaired) electrons. The molecule has 0 aromatic heterocycles. The van der Waals surface area contributed by atoms with E-state index < -0.39 is 0 Å². The van der Waals surface area contributed by atoms with Crippen LogP contribution in [0.3, 0.4) is 0 Å². The summed E-state index contributed by atoms with van der Waals surface area (Å²) in [6.45, 7) is 2.18. The fraction of sp³-hybridized carbons (Fsp3) is 0.176. The largest absolute Gasteiger partial charge is 0.376 e. The zero-order chi connectivity index (χ0) is 15.8. The van der Waals surface area contributed by atoms with Crippen molar-refractivity contribution in [3.63, 3.8) is 0 Å². The van der Waals surface area contributed by atoms with Crippen LogP contribution in [0.2, 0.25) is 0 Å². The first kappa shape index (κ1) is 16.1. The van der Waals surface area contributed by atoms with Gasteiger partial charge in [-0.15, -0.1) is 11.8 Å². The predicted molar refractivity (Wildman–Crippen MR) is 93.6 cm³/mol. The van der Waals surface area contributed by atoms with Gasteiger partial charge in [0.1, 0.15) is 0 Å². The highest BCUT2D eigenvalue weighted by Crippen LogP contribution is 2.14. The molecule has 5 heteroatoms.